The van der Waals surface area contributed by atoms with Gasteiger partial charge in [-0.25, -0.2) is 9.29 Å². The van der Waals surface area contributed by atoms with Crippen molar-refractivity contribution in [3.05, 3.63) is 42.2 Å². The van der Waals surface area contributed by atoms with E-state index in [-0.39, 0.29) is 11.5 Å². The number of benzene rings is 1. The molecular formula is C20H20FN3O3. The van der Waals surface area contributed by atoms with Crippen molar-refractivity contribution in [3.8, 4) is 0 Å². The fourth-order valence-corrected chi connectivity index (χ4v) is 4.15. The third kappa shape index (κ3) is 2.44. The van der Waals surface area contributed by atoms with Crippen LogP contribution in [0.4, 0.5) is 10.1 Å². The summed E-state index contributed by atoms with van der Waals surface area (Å²) in [6.45, 7) is 5.32. The number of hydrogen-bond acceptors (Lipinski definition) is 5. The van der Waals surface area contributed by atoms with E-state index >= 15 is 0 Å². The molecule has 140 valence electrons. The number of allylic oxidation sites excluding steroid dienone is 1. The number of nitrogens with zero attached hydrogens (tertiary/aromatic N) is 3. The number of halogens is 1. The van der Waals surface area contributed by atoms with Gasteiger partial charge in [0.2, 0.25) is 11.8 Å². The molecule has 0 unspecified atom stereocenters. The molecule has 4 atom stereocenters. The van der Waals surface area contributed by atoms with Crippen LogP contribution >= 0.6 is 0 Å². The monoisotopic (exact) mass is 369 g/mol. The van der Waals surface area contributed by atoms with Crippen LogP contribution in [0.3, 0.4) is 0 Å². The second kappa shape index (κ2) is 5.84. The summed E-state index contributed by atoms with van der Waals surface area (Å²) < 4.78 is 14.3. The van der Waals surface area contributed by atoms with E-state index in [1.807, 2.05) is 0 Å². The zero-order valence-electron chi connectivity index (χ0n) is 15.3. The standard InChI is InChI=1S/C20H20FN3O3/c1-20(2,3)17(25)16-15-14(13-9-6-10-22-24(13)16)18(26)23(19(15)27)12-8-5-4-7-11(12)21/h4-10,13-16H,1-3H3/t13-,14-,15-,16-/m0/s1. The lowest BCUT2D eigenvalue weighted by Gasteiger charge is -2.33. The van der Waals surface area contributed by atoms with E-state index in [1.54, 1.807) is 50.2 Å². The molecule has 3 aliphatic heterocycles. The first-order valence-corrected chi connectivity index (χ1v) is 8.89. The Morgan fingerprint density at radius 3 is 2.44 bits per heavy atom. The topological polar surface area (TPSA) is 70.0 Å². The first-order chi connectivity index (χ1) is 12.7. The van der Waals surface area contributed by atoms with Crippen molar-refractivity contribution in [1.29, 1.82) is 0 Å². The second-order valence-electron chi connectivity index (χ2n) is 8.09. The van der Waals surface area contributed by atoms with Crippen LogP contribution in [0, 0.1) is 23.1 Å². The minimum Gasteiger partial charge on any atom is -0.297 e. The van der Waals surface area contributed by atoms with E-state index < -0.39 is 47.0 Å². The molecule has 0 radical (unpaired) electrons. The zero-order chi connectivity index (χ0) is 19.5. The number of Topliss-reactive ketones (excluding diaryl/α,β-unsaturated/α-hetero) is 1. The lowest BCUT2D eigenvalue weighted by molar-refractivity contribution is -0.136. The molecule has 0 N–H and O–H groups in total. The number of fused-ring (bicyclic) bond motifs is 3. The van der Waals surface area contributed by atoms with Gasteiger partial charge in [0.05, 0.1) is 23.6 Å². The maximum absolute atomic E-state index is 14.3. The van der Waals surface area contributed by atoms with Crippen molar-refractivity contribution in [2.24, 2.45) is 22.4 Å². The smallest absolute Gasteiger partial charge is 0.240 e. The molecule has 1 aromatic rings. The number of amides is 2. The van der Waals surface area contributed by atoms with Gasteiger partial charge in [0.25, 0.3) is 0 Å². The van der Waals surface area contributed by atoms with Crippen LogP contribution in [0.25, 0.3) is 0 Å². The summed E-state index contributed by atoms with van der Waals surface area (Å²) in [5.74, 6) is -3.49. The van der Waals surface area contributed by atoms with E-state index in [0.29, 0.717) is 0 Å². The number of carbonyl (C=O) groups excluding carboxylic acids is 3. The van der Waals surface area contributed by atoms with Gasteiger partial charge in [-0.3, -0.25) is 19.4 Å². The van der Waals surface area contributed by atoms with Gasteiger partial charge < -0.3 is 0 Å². The fourth-order valence-electron chi connectivity index (χ4n) is 4.15. The number of imide groups is 1. The summed E-state index contributed by atoms with van der Waals surface area (Å²) in [5, 5.41) is 5.84. The maximum Gasteiger partial charge on any atom is 0.240 e. The average Bonchev–Trinajstić information content (AvgIpc) is 3.08. The Morgan fingerprint density at radius 1 is 1.11 bits per heavy atom. The van der Waals surface area contributed by atoms with Crippen LogP contribution in [0.15, 0.2) is 41.5 Å². The number of anilines is 1. The van der Waals surface area contributed by atoms with Gasteiger partial charge in [-0.05, 0) is 18.2 Å². The number of hydrazone groups is 1. The first-order valence-electron chi connectivity index (χ1n) is 8.89. The molecule has 3 heterocycles. The average molecular weight is 369 g/mol. The van der Waals surface area contributed by atoms with E-state index in [0.717, 1.165) is 4.90 Å². The molecule has 3 aliphatic rings. The quantitative estimate of drug-likeness (QED) is 0.749. The van der Waals surface area contributed by atoms with Gasteiger partial charge in [0, 0.05) is 11.6 Å². The maximum atomic E-state index is 14.3. The van der Waals surface area contributed by atoms with Gasteiger partial charge in [-0.2, -0.15) is 5.10 Å². The minimum absolute atomic E-state index is 0.0707. The van der Waals surface area contributed by atoms with Gasteiger partial charge in [-0.15, -0.1) is 0 Å². The van der Waals surface area contributed by atoms with Crippen LogP contribution in [0.5, 0.6) is 0 Å². The van der Waals surface area contributed by atoms with Gasteiger partial charge in [-0.1, -0.05) is 39.0 Å². The van der Waals surface area contributed by atoms with Crippen molar-refractivity contribution >= 4 is 29.5 Å². The molecule has 0 aromatic heterocycles. The summed E-state index contributed by atoms with van der Waals surface area (Å²) in [4.78, 5) is 40.4. The molecule has 7 heteroatoms. The fraction of sp³-hybridized carbons (Fsp3) is 0.400. The molecular weight excluding hydrogens is 349 g/mol. The molecule has 0 aliphatic carbocycles. The van der Waals surface area contributed by atoms with Crippen molar-refractivity contribution in [3.63, 3.8) is 0 Å². The van der Waals surface area contributed by atoms with E-state index in [2.05, 4.69) is 5.10 Å². The summed E-state index contributed by atoms with van der Waals surface area (Å²) >= 11 is 0. The molecule has 2 amide bonds. The third-order valence-corrected chi connectivity index (χ3v) is 5.39. The van der Waals surface area contributed by atoms with Gasteiger partial charge in [0.1, 0.15) is 11.9 Å². The highest BCUT2D eigenvalue weighted by atomic mass is 19.1. The van der Waals surface area contributed by atoms with Crippen LogP contribution in [0.1, 0.15) is 20.8 Å². The summed E-state index contributed by atoms with van der Waals surface area (Å²) in [6.07, 6.45) is 5.02. The SMILES string of the molecule is CC(C)(C)C(=O)[C@@H]1[C@H]2C(=O)N(c3ccccc3F)C(=O)[C@H]2[C@@H]2C=CC=NN12. The molecule has 4 rings (SSSR count). The lowest BCUT2D eigenvalue weighted by atomic mass is 9.80. The largest absolute Gasteiger partial charge is 0.297 e. The van der Waals surface area contributed by atoms with Crippen LogP contribution in [-0.2, 0) is 14.4 Å². The summed E-state index contributed by atoms with van der Waals surface area (Å²) in [7, 11) is 0. The Balaban J connectivity index is 1.82. The highest BCUT2D eigenvalue weighted by Gasteiger charge is 2.65. The second-order valence-corrected chi connectivity index (χ2v) is 8.09. The van der Waals surface area contributed by atoms with Crippen molar-refractivity contribution in [2.75, 3.05) is 4.90 Å². The molecule has 6 nitrogen and oxygen atoms in total. The molecule has 2 fully saturated rings. The number of carbonyl (C=O) groups is 3. The molecule has 0 bridgehead atoms. The van der Waals surface area contributed by atoms with Gasteiger partial charge >= 0.3 is 0 Å². The van der Waals surface area contributed by atoms with E-state index in [9.17, 15) is 18.8 Å². The van der Waals surface area contributed by atoms with Gasteiger partial charge in [0.15, 0.2) is 5.78 Å². The van der Waals surface area contributed by atoms with Crippen molar-refractivity contribution in [1.82, 2.24) is 5.01 Å². The van der Waals surface area contributed by atoms with Crippen molar-refractivity contribution in [2.45, 2.75) is 32.9 Å². The Bertz CT molecular complexity index is 902. The number of rotatable bonds is 2. The Labute approximate surface area is 156 Å². The van der Waals surface area contributed by atoms with Crippen LogP contribution < -0.4 is 4.90 Å². The minimum atomic E-state index is -0.881. The summed E-state index contributed by atoms with van der Waals surface area (Å²) in [6, 6.07) is 4.33. The highest BCUT2D eigenvalue weighted by molar-refractivity contribution is 6.24. The Hall–Kier alpha value is -2.83. The molecule has 2 saturated heterocycles. The summed E-state index contributed by atoms with van der Waals surface area (Å²) in [5.41, 5.74) is -0.783. The predicted molar refractivity (Wildman–Crippen MR) is 97.4 cm³/mol. The number of para-hydroxylation sites is 1. The van der Waals surface area contributed by atoms with Crippen LogP contribution in [0.2, 0.25) is 0 Å². The molecule has 0 spiro atoms. The number of hydrogen-bond donors (Lipinski definition) is 0. The molecule has 0 saturated carbocycles. The normalized spacial score (nSPS) is 29.3. The zero-order valence-corrected chi connectivity index (χ0v) is 15.3. The molecule has 1 aromatic carbocycles. The highest BCUT2D eigenvalue weighted by Crippen LogP contribution is 2.47. The van der Waals surface area contributed by atoms with Crippen LogP contribution in [-0.4, -0.2) is 40.9 Å². The van der Waals surface area contributed by atoms with E-state index in [4.69, 9.17) is 0 Å². The third-order valence-electron chi connectivity index (χ3n) is 5.39. The van der Waals surface area contributed by atoms with Crippen molar-refractivity contribution < 1.29 is 18.8 Å². The number of ketones is 1. The predicted octanol–water partition coefficient (Wildman–Crippen LogP) is 2.15. The first kappa shape index (κ1) is 17.6. The van der Waals surface area contributed by atoms with E-state index in [1.165, 1.54) is 18.2 Å². The Morgan fingerprint density at radius 2 is 1.78 bits per heavy atom. The molecule has 27 heavy (non-hydrogen) atoms. The lowest BCUT2D eigenvalue weighted by Crippen LogP contribution is -2.49. The Kier molecular flexibility index (Phi) is 3.80.